The number of nitrogens with zero attached hydrogens (tertiary/aromatic N) is 1. The average Bonchev–Trinajstić information content (AvgIpc) is 2.90. The highest BCUT2D eigenvalue weighted by atomic mass is 16.7. The van der Waals surface area contributed by atoms with Crippen LogP contribution in [0.1, 0.15) is 31.7 Å². The molecule has 1 unspecified atom stereocenters. The monoisotopic (exact) mass is 276 g/mol. The van der Waals surface area contributed by atoms with Gasteiger partial charge in [-0.25, -0.2) is 0 Å². The number of fused-ring (bicyclic) bond motifs is 1. The summed E-state index contributed by atoms with van der Waals surface area (Å²) in [6.45, 7) is 7.09. The number of ether oxygens (including phenoxy) is 2. The molecule has 1 aromatic rings. The van der Waals surface area contributed by atoms with E-state index in [1.165, 1.54) is 31.4 Å². The first kappa shape index (κ1) is 13.7. The second kappa shape index (κ2) is 6.46. The predicted molar refractivity (Wildman–Crippen MR) is 79.2 cm³/mol. The summed E-state index contributed by atoms with van der Waals surface area (Å²) in [5.74, 6) is 1.76. The standard InChI is InChI=1S/C16H24N2O2/c1-2-14-6-9-18(8-3-7-17-14)11-13-4-5-15-16(10-13)20-12-19-15/h4-5,10,14,17H,2-3,6-9,11-12H2,1H3. The number of rotatable bonds is 3. The van der Waals surface area contributed by atoms with Gasteiger partial charge in [0, 0.05) is 12.6 Å². The molecule has 0 bridgehead atoms. The molecular weight excluding hydrogens is 252 g/mol. The summed E-state index contributed by atoms with van der Waals surface area (Å²) >= 11 is 0. The van der Waals surface area contributed by atoms with Crippen LogP contribution in [0.5, 0.6) is 11.5 Å². The van der Waals surface area contributed by atoms with Crippen molar-refractivity contribution in [3.63, 3.8) is 0 Å². The van der Waals surface area contributed by atoms with Gasteiger partial charge in [0.2, 0.25) is 6.79 Å². The molecule has 0 aromatic heterocycles. The third-order valence-corrected chi connectivity index (χ3v) is 4.21. The maximum atomic E-state index is 5.46. The summed E-state index contributed by atoms with van der Waals surface area (Å²) in [5, 5.41) is 3.63. The first-order valence-corrected chi connectivity index (χ1v) is 7.69. The lowest BCUT2D eigenvalue weighted by atomic mass is 10.1. The summed E-state index contributed by atoms with van der Waals surface area (Å²) in [6.07, 6.45) is 3.68. The number of hydrogen-bond donors (Lipinski definition) is 1. The van der Waals surface area contributed by atoms with Gasteiger partial charge in [0.05, 0.1) is 0 Å². The van der Waals surface area contributed by atoms with Crippen LogP contribution in [0, 0.1) is 0 Å². The first-order valence-electron chi connectivity index (χ1n) is 7.69. The van der Waals surface area contributed by atoms with Gasteiger partial charge in [0.1, 0.15) is 0 Å². The Morgan fingerprint density at radius 3 is 3.05 bits per heavy atom. The Labute approximate surface area is 121 Å². The predicted octanol–water partition coefficient (Wildman–Crippen LogP) is 2.38. The highest BCUT2D eigenvalue weighted by Crippen LogP contribution is 2.32. The summed E-state index contributed by atoms with van der Waals surface area (Å²) in [4.78, 5) is 2.56. The van der Waals surface area contributed by atoms with E-state index in [0.717, 1.165) is 31.1 Å². The van der Waals surface area contributed by atoms with Gasteiger partial charge in [-0.1, -0.05) is 13.0 Å². The van der Waals surface area contributed by atoms with Crippen LogP contribution in [0.4, 0.5) is 0 Å². The van der Waals surface area contributed by atoms with Crippen LogP contribution in [-0.2, 0) is 6.54 Å². The Morgan fingerprint density at radius 2 is 2.15 bits per heavy atom. The Bertz CT molecular complexity index is 450. The third-order valence-electron chi connectivity index (χ3n) is 4.21. The van der Waals surface area contributed by atoms with Crippen molar-refractivity contribution in [2.24, 2.45) is 0 Å². The Morgan fingerprint density at radius 1 is 1.25 bits per heavy atom. The molecule has 3 rings (SSSR count). The molecule has 4 heteroatoms. The zero-order valence-corrected chi connectivity index (χ0v) is 12.2. The average molecular weight is 276 g/mol. The number of hydrogen-bond acceptors (Lipinski definition) is 4. The minimum absolute atomic E-state index is 0.354. The maximum Gasteiger partial charge on any atom is 0.231 e. The van der Waals surface area contributed by atoms with E-state index in [0.29, 0.717) is 12.8 Å². The van der Waals surface area contributed by atoms with Crippen molar-refractivity contribution in [1.82, 2.24) is 10.2 Å². The summed E-state index contributed by atoms with van der Waals surface area (Å²) in [6, 6.07) is 6.98. The molecule has 2 aliphatic rings. The van der Waals surface area contributed by atoms with Gasteiger partial charge >= 0.3 is 0 Å². The van der Waals surface area contributed by atoms with Crippen molar-refractivity contribution in [3.8, 4) is 11.5 Å². The normalized spacial score (nSPS) is 23.4. The molecule has 2 aliphatic heterocycles. The van der Waals surface area contributed by atoms with Crippen molar-refractivity contribution < 1.29 is 9.47 Å². The van der Waals surface area contributed by atoms with Crippen LogP contribution in [0.3, 0.4) is 0 Å². The van der Waals surface area contributed by atoms with E-state index in [-0.39, 0.29) is 0 Å². The molecule has 1 saturated heterocycles. The molecule has 0 aliphatic carbocycles. The first-order chi connectivity index (χ1) is 9.85. The molecule has 20 heavy (non-hydrogen) atoms. The van der Waals surface area contributed by atoms with Crippen LogP contribution in [0.2, 0.25) is 0 Å². The van der Waals surface area contributed by atoms with Gasteiger partial charge in [-0.3, -0.25) is 4.90 Å². The number of nitrogens with one attached hydrogen (secondary N) is 1. The minimum Gasteiger partial charge on any atom is -0.454 e. The molecule has 1 fully saturated rings. The molecular formula is C16H24N2O2. The quantitative estimate of drug-likeness (QED) is 0.919. The molecule has 1 N–H and O–H groups in total. The molecule has 0 amide bonds. The lowest BCUT2D eigenvalue weighted by Gasteiger charge is -2.28. The molecule has 0 radical (unpaired) electrons. The van der Waals surface area contributed by atoms with E-state index in [1.54, 1.807) is 0 Å². The number of benzene rings is 1. The Balaban J connectivity index is 1.61. The topological polar surface area (TPSA) is 33.7 Å². The molecule has 1 atom stereocenters. The van der Waals surface area contributed by atoms with Crippen LogP contribution >= 0.6 is 0 Å². The lowest BCUT2D eigenvalue weighted by Crippen LogP contribution is -2.39. The van der Waals surface area contributed by atoms with E-state index < -0.39 is 0 Å². The van der Waals surface area contributed by atoms with E-state index >= 15 is 0 Å². The second-order valence-electron chi connectivity index (χ2n) is 5.67. The smallest absolute Gasteiger partial charge is 0.231 e. The maximum absolute atomic E-state index is 5.46. The van der Waals surface area contributed by atoms with E-state index in [1.807, 2.05) is 6.07 Å². The zero-order chi connectivity index (χ0) is 13.8. The third kappa shape index (κ3) is 3.25. The summed E-state index contributed by atoms with van der Waals surface area (Å²) in [7, 11) is 0. The minimum atomic E-state index is 0.354. The van der Waals surface area contributed by atoms with Crippen LogP contribution in [-0.4, -0.2) is 37.4 Å². The van der Waals surface area contributed by atoms with Crippen molar-refractivity contribution in [2.75, 3.05) is 26.4 Å². The SMILES string of the molecule is CCC1CCN(Cc2ccc3c(c2)OCO3)CCCN1. The summed E-state index contributed by atoms with van der Waals surface area (Å²) < 4.78 is 10.8. The van der Waals surface area contributed by atoms with Gasteiger partial charge in [-0.15, -0.1) is 0 Å². The van der Waals surface area contributed by atoms with E-state index in [9.17, 15) is 0 Å². The van der Waals surface area contributed by atoms with Crippen LogP contribution in [0.25, 0.3) is 0 Å². The van der Waals surface area contributed by atoms with Crippen LogP contribution in [0.15, 0.2) is 18.2 Å². The van der Waals surface area contributed by atoms with E-state index in [4.69, 9.17) is 9.47 Å². The van der Waals surface area contributed by atoms with Crippen molar-refractivity contribution in [3.05, 3.63) is 23.8 Å². The van der Waals surface area contributed by atoms with Crippen molar-refractivity contribution >= 4 is 0 Å². The van der Waals surface area contributed by atoms with E-state index in [2.05, 4.69) is 29.3 Å². The second-order valence-corrected chi connectivity index (χ2v) is 5.67. The fourth-order valence-electron chi connectivity index (χ4n) is 2.97. The Kier molecular flexibility index (Phi) is 4.43. The molecule has 0 spiro atoms. The van der Waals surface area contributed by atoms with Crippen molar-refractivity contribution in [1.29, 1.82) is 0 Å². The van der Waals surface area contributed by atoms with Crippen molar-refractivity contribution in [2.45, 2.75) is 38.8 Å². The van der Waals surface area contributed by atoms with Gasteiger partial charge < -0.3 is 14.8 Å². The molecule has 4 nitrogen and oxygen atoms in total. The molecule has 2 heterocycles. The Hall–Kier alpha value is -1.26. The van der Waals surface area contributed by atoms with Crippen LogP contribution < -0.4 is 14.8 Å². The zero-order valence-electron chi connectivity index (χ0n) is 12.2. The van der Waals surface area contributed by atoms with Gasteiger partial charge in [-0.2, -0.15) is 0 Å². The molecule has 110 valence electrons. The fourth-order valence-corrected chi connectivity index (χ4v) is 2.97. The highest BCUT2D eigenvalue weighted by Gasteiger charge is 2.16. The van der Waals surface area contributed by atoms with Gasteiger partial charge in [0.25, 0.3) is 0 Å². The lowest BCUT2D eigenvalue weighted by molar-refractivity contribution is 0.174. The highest BCUT2D eigenvalue weighted by molar-refractivity contribution is 5.44. The largest absolute Gasteiger partial charge is 0.454 e. The summed E-state index contributed by atoms with van der Waals surface area (Å²) in [5.41, 5.74) is 1.32. The van der Waals surface area contributed by atoms with Gasteiger partial charge in [0.15, 0.2) is 11.5 Å². The fraction of sp³-hybridized carbons (Fsp3) is 0.625. The van der Waals surface area contributed by atoms with Gasteiger partial charge in [-0.05, 0) is 56.6 Å². The molecule has 0 saturated carbocycles. The molecule has 1 aromatic carbocycles.